The van der Waals surface area contributed by atoms with Crippen molar-refractivity contribution in [2.24, 2.45) is 0 Å². The van der Waals surface area contributed by atoms with Crippen LogP contribution < -0.4 is 10.4 Å². The van der Waals surface area contributed by atoms with Crippen molar-refractivity contribution in [2.75, 3.05) is 6.61 Å². The minimum Gasteiger partial charge on any atom is -0.491 e. The number of rotatable bonds is 0. The number of hydrogen-bond donors (Lipinski definition) is 0. The van der Waals surface area contributed by atoms with E-state index in [1.165, 1.54) is 0 Å². The second kappa shape index (κ2) is 3.88. The van der Waals surface area contributed by atoms with E-state index < -0.39 is 0 Å². The zero-order chi connectivity index (χ0) is 12.0. The normalized spacial score (nSPS) is 18.8. The lowest BCUT2D eigenvalue weighted by Gasteiger charge is -2.21. The monoisotopic (exact) mass is 294 g/mol. The summed E-state index contributed by atoms with van der Waals surface area (Å²) in [5.41, 5.74) is 1.93. The third-order valence-corrected chi connectivity index (χ3v) is 3.59. The zero-order valence-electron chi connectivity index (χ0n) is 9.33. The number of alkyl halides is 1. The molecule has 0 N–H and O–H groups in total. The number of fused-ring (bicyclic) bond motifs is 3. The molecule has 1 atom stereocenters. The maximum absolute atomic E-state index is 11.9. The van der Waals surface area contributed by atoms with Gasteiger partial charge in [-0.2, -0.15) is 0 Å². The summed E-state index contributed by atoms with van der Waals surface area (Å²) >= 11 is 3.47. The molecule has 1 unspecified atom stereocenters. The molecular formula is C13H11BrO3. The fourth-order valence-electron chi connectivity index (χ4n) is 2.17. The van der Waals surface area contributed by atoms with Crippen molar-refractivity contribution >= 4 is 26.9 Å². The SMILES string of the molecule is Cc1cccc2c3c(c(=O)oc12)CC(Br)CO3. The number of ether oxygens (including phenoxy) is 1. The molecule has 0 saturated carbocycles. The highest BCUT2D eigenvalue weighted by Gasteiger charge is 2.24. The molecule has 1 aliphatic rings. The van der Waals surface area contributed by atoms with E-state index in [0.29, 0.717) is 29.9 Å². The number of aryl methyl sites for hydroxylation is 1. The first kappa shape index (κ1) is 10.8. The van der Waals surface area contributed by atoms with E-state index in [4.69, 9.17) is 9.15 Å². The molecule has 1 aliphatic heterocycles. The molecule has 1 aromatic heterocycles. The Morgan fingerprint density at radius 3 is 3.06 bits per heavy atom. The van der Waals surface area contributed by atoms with E-state index in [0.717, 1.165) is 10.9 Å². The lowest BCUT2D eigenvalue weighted by Crippen LogP contribution is -2.25. The largest absolute Gasteiger partial charge is 0.491 e. The summed E-state index contributed by atoms with van der Waals surface area (Å²) in [4.78, 5) is 12.1. The van der Waals surface area contributed by atoms with Crippen molar-refractivity contribution in [1.29, 1.82) is 0 Å². The van der Waals surface area contributed by atoms with E-state index >= 15 is 0 Å². The average molecular weight is 295 g/mol. The van der Waals surface area contributed by atoms with Crippen LogP contribution in [0.3, 0.4) is 0 Å². The van der Waals surface area contributed by atoms with Crippen LogP contribution in [0.4, 0.5) is 0 Å². The van der Waals surface area contributed by atoms with Crippen LogP contribution in [0.15, 0.2) is 27.4 Å². The van der Waals surface area contributed by atoms with Gasteiger partial charge in [-0.05, 0) is 25.0 Å². The Bertz CT molecular complexity index is 645. The van der Waals surface area contributed by atoms with Crippen LogP contribution in [0.2, 0.25) is 0 Å². The summed E-state index contributed by atoms with van der Waals surface area (Å²) in [6.07, 6.45) is 0.654. The zero-order valence-corrected chi connectivity index (χ0v) is 10.9. The van der Waals surface area contributed by atoms with Gasteiger partial charge in [0.25, 0.3) is 0 Å². The van der Waals surface area contributed by atoms with E-state index in [9.17, 15) is 4.79 Å². The quantitative estimate of drug-likeness (QED) is 0.554. The Hall–Kier alpha value is -1.29. The number of hydrogen-bond acceptors (Lipinski definition) is 3. The van der Waals surface area contributed by atoms with Gasteiger partial charge in [0.05, 0.1) is 15.8 Å². The smallest absolute Gasteiger partial charge is 0.343 e. The molecule has 0 spiro atoms. The standard InChI is InChI=1S/C13H11BrO3/c1-7-3-2-4-9-11(7)17-13(15)10-5-8(14)6-16-12(9)10/h2-4,8H,5-6H2,1H3. The molecule has 88 valence electrons. The van der Waals surface area contributed by atoms with Crippen LogP contribution in [0.5, 0.6) is 5.75 Å². The van der Waals surface area contributed by atoms with Gasteiger partial charge in [0, 0.05) is 0 Å². The molecule has 0 saturated heterocycles. The Labute approximate surface area is 107 Å². The molecule has 3 rings (SSSR count). The summed E-state index contributed by atoms with van der Waals surface area (Å²) in [5.74, 6) is 0.690. The Balaban J connectivity index is 2.39. The van der Waals surface area contributed by atoms with Crippen LogP contribution >= 0.6 is 15.9 Å². The number of halogens is 1. The third kappa shape index (κ3) is 1.67. The third-order valence-electron chi connectivity index (χ3n) is 3.01. The van der Waals surface area contributed by atoms with Crippen LogP contribution in [0, 0.1) is 6.92 Å². The van der Waals surface area contributed by atoms with Crippen LogP contribution in [0.25, 0.3) is 11.0 Å². The number of para-hydroxylation sites is 1. The second-order valence-electron chi connectivity index (χ2n) is 4.26. The number of benzene rings is 1. The lowest BCUT2D eigenvalue weighted by molar-refractivity contribution is 0.294. The van der Waals surface area contributed by atoms with Crippen molar-refractivity contribution in [3.8, 4) is 5.75 Å². The maximum atomic E-state index is 11.9. The molecule has 0 bridgehead atoms. The van der Waals surface area contributed by atoms with E-state index in [1.54, 1.807) is 0 Å². The minimum absolute atomic E-state index is 0.181. The predicted molar refractivity (Wildman–Crippen MR) is 69.1 cm³/mol. The highest BCUT2D eigenvalue weighted by atomic mass is 79.9. The molecule has 2 heterocycles. The topological polar surface area (TPSA) is 39.4 Å². The first-order chi connectivity index (χ1) is 8.16. The fourth-order valence-corrected chi connectivity index (χ4v) is 2.63. The van der Waals surface area contributed by atoms with Crippen molar-refractivity contribution in [3.63, 3.8) is 0 Å². The molecule has 2 aromatic rings. The Morgan fingerprint density at radius 1 is 1.41 bits per heavy atom. The summed E-state index contributed by atoms with van der Waals surface area (Å²) < 4.78 is 11.1. The van der Waals surface area contributed by atoms with E-state index in [2.05, 4.69) is 15.9 Å². The summed E-state index contributed by atoms with van der Waals surface area (Å²) in [6, 6.07) is 5.80. The minimum atomic E-state index is -0.286. The van der Waals surface area contributed by atoms with Crippen molar-refractivity contribution in [2.45, 2.75) is 18.2 Å². The van der Waals surface area contributed by atoms with Gasteiger partial charge >= 0.3 is 5.63 Å². The molecule has 0 amide bonds. The van der Waals surface area contributed by atoms with Crippen molar-refractivity contribution in [1.82, 2.24) is 0 Å². The van der Waals surface area contributed by atoms with Gasteiger partial charge in [0.15, 0.2) is 0 Å². The van der Waals surface area contributed by atoms with Crippen LogP contribution in [0.1, 0.15) is 11.1 Å². The van der Waals surface area contributed by atoms with Crippen LogP contribution in [-0.2, 0) is 6.42 Å². The van der Waals surface area contributed by atoms with Gasteiger partial charge in [-0.15, -0.1) is 0 Å². The first-order valence-electron chi connectivity index (χ1n) is 5.49. The van der Waals surface area contributed by atoms with Gasteiger partial charge in [0.2, 0.25) is 0 Å². The fraction of sp³-hybridized carbons (Fsp3) is 0.308. The Morgan fingerprint density at radius 2 is 2.24 bits per heavy atom. The first-order valence-corrected chi connectivity index (χ1v) is 6.40. The van der Waals surface area contributed by atoms with E-state index in [1.807, 2.05) is 25.1 Å². The molecule has 0 radical (unpaired) electrons. The van der Waals surface area contributed by atoms with Gasteiger partial charge in [-0.25, -0.2) is 4.79 Å². The molecular weight excluding hydrogens is 284 g/mol. The van der Waals surface area contributed by atoms with Gasteiger partial charge in [-0.1, -0.05) is 28.1 Å². The van der Waals surface area contributed by atoms with Gasteiger partial charge < -0.3 is 9.15 Å². The molecule has 0 aliphatic carbocycles. The van der Waals surface area contributed by atoms with E-state index in [-0.39, 0.29) is 10.5 Å². The molecule has 0 fully saturated rings. The molecule has 1 aromatic carbocycles. The highest BCUT2D eigenvalue weighted by Crippen LogP contribution is 2.33. The second-order valence-corrected chi connectivity index (χ2v) is 5.56. The van der Waals surface area contributed by atoms with Crippen molar-refractivity contribution in [3.05, 3.63) is 39.7 Å². The molecule has 3 nitrogen and oxygen atoms in total. The van der Waals surface area contributed by atoms with Crippen molar-refractivity contribution < 1.29 is 9.15 Å². The molecule has 4 heteroatoms. The average Bonchev–Trinajstić information content (AvgIpc) is 2.31. The van der Waals surface area contributed by atoms with Gasteiger partial charge in [0.1, 0.15) is 17.9 Å². The van der Waals surface area contributed by atoms with Crippen LogP contribution in [-0.4, -0.2) is 11.4 Å². The highest BCUT2D eigenvalue weighted by molar-refractivity contribution is 9.09. The lowest BCUT2D eigenvalue weighted by atomic mass is 10.0. The summed E-state index contributed by atoms with van der Waals surface area (Å²) in [7, 11) is 0. The maximum Gasteiger partial charge on any atom is 0.343 e. The Kier molecular flexibility index (Phi) is 2.47. The predicted octanol–water partition coefficient (Wildman–Crippen LogP) is 2.80. The summed E-state index contributed by atoms with van der Waals surface area (Å²) in [5, 5.41) is 0.888. The molecule has 17 heavy (non-hydrogen) atoms. The summed E-state index contributed by atoms with van der Waals surface area (Å²) in [6.45, 7) is 2.51. The van der Waals surface area contributed by atoms with Gasteiger partial charge in [-0.3, -0.25) is 0 Å².